The fourth-order valence-corrected chi connectivity index (χ4v) is 2.48. The molecule has 3 aromatic rings. The molecule has 2 aromatic carbocycles. The van der Waals surface area contributed by atoms with E-state index in [1.807, 2.05) is 37.3 Å². The summed E-state index contributed by atoms with van der Waals surface area (Å²) in [6.45, 7) is 2.53. The Balaban J connectivity index is 2.20. The molecule has 0 bridgehead atoms. The maximum Gasteiger partial charge on any atom is 0.261 e. The highest BCUT2D eigenvalue weighted by atomic mass is 16.1. The fourth-order valence-electron chi connectivity index (χ4n) is 2.48. The van der Waals surface area contributed by atoms with Crippen molar-refractivity contribution in [1.82, 2.24) is 9.55 Å². The maximum atomic E-state index is 12.7. The molecule has 0 atom stereocenters. The number of benzene rings is 2. The smallest absolute Gasteiger partial charge is 0.261 e. The standard InChI is InChI=1S/C17H17N3O/c1-2-16-19-15-9-8-13(18)10-14(15)17(21)20(16)11-12-6-4-3-5-7-12/h3-10H,2,11,18H2,1H3. The quantitative estimate of drug-likeness (QED) is 0.750. The molecule has 0 saturated carbocycles. The first-order valence-corrected chi connectivity index (χ1v) is 7.02. The van der Waals surface area contributed by atoms with Crippen LogP contribution in [-0.4, -0.2) is 9.55 Å². The normalized spacial score (nSPS) is 10.9. The Kier molecular flexibility index (Phi) is 3.44. The third-order valence-electron chi connectivity index (χ3n) is 3.56. The maximum absolute atomic E-state index is 12.7. The highest BCUT2D eigenvalue weighted by Crippen LogP contribution is 2.14. The lowest BCUT2D eigenvalue weighted by Gasteiger charge is -2.12. The van der Waals surface area contributed by atoms with Crippen molar-refractivity contribution in [3.63, 3.8) is 0 Å². The van der Waals surface area contributed by atoms with Gasteiger partial charge in [-0.1, -0.05) is 37.3 Å². The molecule has 2 N–H and O–H groups in total. The van der Waals surface area contributed by atoms with E-state index in [4.69, 9.17) is 5.73 Å². The second kappa shape index (κ2) is 5.40. The molecular formula is C17H17N3O. The lowest BCUT2D eigenvalue weighted by Crippen LogP contribution is -2.25. The molecular weight excluding hydrogens is 262 g/mol. The molecule has 0 spiro atoms. The molecule has 3 rings (SSSR count). The second-order valence-electron chi connectivity index (χ2n) is 5.04. The Labute approximate surface area is 122 Å². The van der Waals surface area contributed by atoms with E-state index in [9.17, 15) is 4.79 Å². The average Bonchev–Trinajstić information content (AvgIpc) is 2.51. The van der Waals surface area contributed by atoms with E-state index in [0.717, 1.165) is 11.4 Å². The van der Waals surface area contributed by atoms with Gasteiger partial charge < -0.3 is 5.73 Å². The van der Waals surface area contributed by atoms with Crippen LogP contribution < -0.4 is 11.3 Å². The van der Waals surface area contributed by atoms with Gasteiger partial charge >= 0.3 is 0 Å². The van der Waals surface area contributed by atoms with Crippen LogP contribution in [0.2, 0.25) is 0 Å². The van der Waals surface area contributed by atoms with Crippen LogP contribution in [-0.2, 0) is 13.0 Å². The van der Waals surface area contributed by atoms with Crippen LogP contribution in [0.3, 0.4) is 0 Å². The summed E-state index contributed by atoms with van der Waals surface area (Å²) in [5, 5.41) is 0.572. The van der Waals surface area contributed by atoms with E-state index < -0.39 is 0 Å². The van der Waals surface area contributed by atoms with Crippen molar-refractivity contribution in [3.05, 3.63) is 70.3 Å². The first-order chi connectivity index (χ1) is 10.2. The van der Waals surface area contributed by atoms with Crippen molar-refractivity contribution in [1.29, 1.82) is 0 Å². The van der Waals surface area contributed by atoms with Gasteiger partial charge in [-0.05, 0) is 23.8 Å². The van der Waals surface area contributed by atoms with Gasteiger partial charge in [-0.3, -0.25) is 9.36 Å². The van der Waals surface area contributed by atoms with Crippen molar-refractivity contribution >= 4 is 16.6 Å². The summed E-state index contributed by atoms with van der Waals surface area (Å²) in [5.41, 5.74) is 8.12. The molecule has 21 heavy (non-hydrogen) atoms. The number of aryl methyl sites for hydroxylation is 1. The molecule has 4 nitrogen and oxygen atoms in total. The van der Waals surface area contributed by atoms with Gasteiger partial charge in [0.2, 0.25) is 0 Å². The predicted octanol–water partition coefficient (Wildman–Crippen LogP) is 2.59. The van der Waals surface area contributed by atoms with Crippen LogP contribution in [0.1, 0.15) is 18.3 Å². The number of fused-ring (bicyclic) bond motifs is 1. The minimum atomic E-state index is -0.0343. The van der Waals surface area contributed by atoms with E-state index in [1.54, 1.807) is 22.8 Å². The SMILES string of the molecule is CCc1nc2ccc(N)cc2c(=O)n1Cc1ccccc1. The lowest BCUT2D eigenvalue weighted by atomic mass is 10.2. The van der Waals surface area contributed by atoms with Crippen molar-refractivity contribution < 1.29 is 0 Å². The second-order valence-corrected chi connectivity index (χ2v) is 5.04. The molecule has 106 valence electrons. The van der Waals surface area contributed by atoms with Crippen LogP contribution in [0, 0.1) is 0 Å². The predicted molar refractivity (Wildman–Crippen MR) is 85.3 cm³/mol. The highest BCUT2D eigenvalue weighted by molar-refractivity contribution is 5.81. The van der Waals surface area contributed by atoms with Gasteiger partial charge in [0.1, 0.15) is 5.82 Å². The molecule has 0 fully saturated rings. The number of hydrogen-bond donors (Lipinski definition) is 1. The molecule has 0 aliphatic heterocycles. The van der Waals surface area contributed by atoms with E-state index in [-0.39, 0.29) is 5.56 Å². The molecule has 1 heterocycles. The Hall–Kier alpha value is -2.62. The molecule has 0 aliphatic carbocycles. The largest absolute Gasteiger partial charge is 0.399 e. The van der Waals surface area contributed by atoms with Gasteiger partial charge in [-0.25, -0.2) is 4.98 Å². The highest BCUT2D eigenvalue weighted by Gasteiger charge is 2.10. The Morgan fingerprint density at radius 2 is 1.90 bits per heavy atom. The third kappa shape index (κ3) is 2.52. The topological polar surface area (TPSA) is 60.9 Å². The van der Waals surface area contributed by atoms with Crippen molar-refractivity contribution in [2.24, 2.45) is 0 Å². The number of nitrogens with zero attached hydrogens (tertiary/aromatic N) is 2. The van der Waals surface area contributed by atoms with Gasteiger partial charge in [-0.15, -0.1) is 0 Å². The number of aromatic nitrogens is 2. The number of hydrogen-bond acceptors (Lipinski definition) is 3. The summed E-state index contributed by atoms with van der Waals surface area (Å²) < 4.78 is 1.73. The number of nitrogen functional groups attached to an aromatic ring is 1. The summed E-state index contributed by atoms with van der Waals surface area (Å²) in [6.07, 6.45) is 0.711. The van der Waals surface area contributed by atoms with E-state index in [1.165, 1.54) is 0 Å². The molecule has 0 radical (unpaired) electrons. The van der Waals surface area contributed by atoms with E-state index in [2.05, 4.69) is 4.98 Å². The molecule has 4 heteroatoms. The minimum Gasteiger partial charge on any atom is -0.399 e. The van der Waals surface area contributed by atoms with Gasteiger partial charge in [-0.2, -0.15) is 0 Å². The summed E-state index contributed by atoms with van der Waals surface area (Å²) in [5.74, 6) is 0.793. The third-order valence-corrected chi connectivity index (χ3v) is 3.56. The summed E-state index contributed by atoms with van der Waals surface area (Å²) in [4.78, 5) is 17.3. The zero-order valence-corrected chi connectivity index (χ0v) is 11.9. The molecule has 0 amide bonds. The van der Waals surface area contributed by atoms with Crippen LogP contribution in [0.4, 0.5) is 5.69 Å². The first-order valence-electron chi connectivity index (χ1n) is 7.02. The zero-order chi connectivity index (χ0) is 14.8. The number of anilines is 1. The van der Waals surface area contributed by atoms with Crippen LogP contribution in [0.25, 0.3) is 10.9 Å². The summed E-state index contributed by atoms with van der Waals surface area (Å²) in [7, 11) is 0. The average molecular weight is 279 g/mol. The summed E-state index contributed by atoms with van der Waals surface area (Å²) >= 11 is 0. The van der Waals surface area contributed by atoms with Crippen molar-refractivity contribution in [3.8, 4) is 0 Å². The zero-order valence-electron chi connectivity index (χ0n) is 11.9. The molecule has 0 aliphatic rings. The molecule has 1 aromatic heterocycles. The van der Waals surface area contributed by atoms with E-state index >= 15 is 0 Å². The van der Waals surface area contributed by atoms with Crippen LogP contribution in [0.5, 0.6) is 0 Å². The summed E-state index contributed by atoms with van der Waals surface area (Å²) in [6, 6.07) is 15.2. The minimum absolute atomic E-state index is 0.0343. The Morgan fingerprint density at radius 1 is 1.14 bits per heavy atom. The molecule has 0 unspecified atom stereocenters. The van der Waals surface area contributed by atoms with Crippen molar-refractivity contribution in [2.75, 3.05) is 5.73 Å². The van der Waals surface area contributed by atoms with Crippen LogP contribution >= 0.6 is 0 Å². The lowest BCUT2D eigenvalue weighted by molar-refractivity contribution is 0.686. The van der Waals surface area contributed by atoms with Gasteiger partial charge in [0.05, 0.1) is 17.4 Å². The first kappa shape index (κ1) is 13.4. The number of rotatable bonds is 3. The fraction of sp³-hybridized carbons (Fsp3) is 0.176. The van der Waals surface area contributed by atoms with Gasteiger partial charge in [0, 0.05) is 12.1 Å². The van der Waals surface area contributed by atoms with Crippen LogP contribution in [0.15, 0.2) is 53.3 Å². The monoisotopic (exact) mass is 279 g/mol. The Bertz CT molecular complexity index is 838. The van der Waals surface area contributed by atoms with Crippen molar-refractivity contribution in [2.45, 2.75) is 19.9 Å². The van der Waals surface area contributed by atoms with E-state index in [0.29, 0.717) is 29.6 Å². The number of nitrogens with two attached hydrogens (primary N) is 1. The van der Waals surface area contributed by atoms with Gasteiger partial charge in [0.25, 0.3) is 5.56 Å². The Morgan fingerprint density at radius 3 is 2.62 bits per heavy atom. The molecule has 0 saturated heterocycles. The van der Waals surface area contributed by atoms with Gasteiger partial charge in [0.15, 0.2) is 0 Å².